The van der Waals surface area contributed by atoms with E-state index in [1.54, 1.807) is 6.20 Å². The van der Waals surface area contributed by atoms with Crippen LogP contribution in [-0.4, -0.2) is 50.8 Å². The molecule has 0 amide bonds. The van der Waals surface area contributed by atoms with Gasteiger partial charge in [-0.1, -0.05) is 0 Å². The van der Waals surface area contributed by atoms with E-state index in [4.69, 9.17) is 0 Å². The van der Waals surface area contributed by atoms with Gasteiger partial charge in [0.25, 0.3) is 0 Å². The van der Waals surface area contributed by atoms with Crippen LogP contribution in [0.4, 0.5) is 30.6 Å². The maximum atomic E-state index is 12.9. The van der Waals surface area contributed by atoms with E-state index >= 15 is 0 Å². The molecule has 0 aliphatic carbocycles. The molecule has 10 heteroatoms. The molecule has 2 N–H and O–H groups in total. The summed E-state index contributed by atoms with van der Waals surface area (Å²) in [6.07, 6.45) is -2.09. The van der Waals surface area contributed by atoms with Gasteiger partial charge >= 0.3 is 6.18 Å². The Morgan fingerprint density at radius 3 is 2.50 bits per heavy atom. The Labute approximate surface area is 149 Å². The molecule has 1 aliphatic heterocycles. The molecule has 0 radical (unpaired) electrons. The van der Waals surface area contributed by atoms with Crippen molar-refractivity contribution in [2.24, 2.45) is 0 Å². The molecular formula is C16H22F3N7. The number of nitrogens with one attached hydrogen (secondary N) is 2. The van der Waals surface area contributed by atoms with Crippen LogP contribution in [0.25, 0.3) is 0 Å². The average Bonchev–Trinajstić information content (AvgIpc) is 2.85. The van der Waals surface area contributed by atoms with E-state index in [9.17, 15) is 13.2 Å². The summed E-state index contributed by atoms with van der Waals surface area (Å²) in [5.41, 5.74) is 0.670. The first-order chi connectivity index (χ1) is 12.2. The van der Waals surface area contributed by atoms with Crippen molar-refractivity contribution >= 4 is 17.5 Å². The van der Waals surface area contributed by atoms with Gasteiger partial charge < -0.3 is 10.6 Å². The Morgan fingerprint density at radius 1 is 1.23 bits per heavy atom. The highest BCUT2D eigenvalue weighted by Gasteiger charge is 2.35. The first kappa shape index (κ1) is 18.4. The van der Waals surface area contributed by atoms with Crippen LogP contribution in [-0.2, 0) is 6.18 Å². The minimum atomic E-state index is -4.51. The molecule has 2 aromatic rings. The Bertz CT molecular complexity index is 779. The third-order valence-corrected chi connectivity index (χ3v) is 4.59. The van der Waals surface area contributed by atoms with Crippen LogP contribution >= 0.6 is 0 Å². The van der Waals surface area contributed by atoms with E-state index < -0.39 is 11.7 Å². The smallest absolute Gasteiger partial charge is 0.372 e. The molecule has 26 heavy (non-hydrogen) atoms. The van der Waals surface area contributed by atoms with Gasteiger partial charge in [-0.2, -0.15) is 23.3 Å². The van der Waals surface area contributed by atoms with E-state index in [0.717, 1.165) is 25.0 Å². The second-order valence-electron chi connectivity index (χ2n) is 6.62. The molecular weight excluding hydrogens is 347 g/mol. The number of nitrogens with zero attached hydrogens (tertiary/aromatic N) is 5. The lowest BCUT2D eigenvalue weighted by atomic mass is 10.1. The molecule has 0 saturated carbocycles. The van der Waals surface area contributed by atoms with Crippen LogP contribution in [0, 0.1) is 6.92 Å². The quantitative estimate of drug-likeness (QED) is 0.844. The summed E-state index contributed by atoms with van der Waals surface area (Å²) in [5, 5.41) is 9.82. The van der Waals surface area contributed by atoms with Crippen molar-refractivity contribution in [1.29, 1.82) is 0 Å². The van der Waals surface area contributed by atoms with Crippen molar-refractivity contribution in [3.63, 3.8) is 0 Å². The van der Waals surface area contributed by atoms with Gasteiger partial charge in [0.05, 0.1) is 23.6 Å². The topological polar surface area (TPSA) is 70.9 Å². The molecule has 0 spiro atoms. The zero-order chi connectivity index (χ0) is 19.1. The maximum Gasteiger partial charge on any atom is 0.421 e. The molecule has 0 unspecified atom stereocenters. The molecule has 0 aromatic carbocycles. The third-order valence-electron chi connectivity index (χ3n) is 4.59. The standard InChI is InChI=1S/C16H22F3N7/c1-9(2)25-7-11(8-25)26-10(3)13(6-22-26)23-15-21-5-12(16(17,18)19)14(20-4)24-15/h5-6,9,11H,7-8H2,1-4H3,(H2,20,21,23,24). The molecule has 3 rings (SSSR count). The van der Waals surface area contributed by atoms with Crippen molar-refractivity contribution in [3.05, 3.63) is 23.7 Å². The number of rotatable bonds is 5. The van der Waals surface area contributed by atoms with E-state index in [2.05, 4.69) is 44.4 Å². The number of hydrogen-bond donors (Lipinski definition) is 2. The van der Waals surface area contributed by atoms with E-state index in [1.165, 1.54) is 7.05 Å². The van der Waals surface area contributed by atoms with Crippen LogP contribution in [0.2, 0.25) is 0 Å². The van der Waals surface area contributed by atoms with Crippen molar-refractivity contribution in [1.82, 2.24) is 24.6 Å². The van der Waals surface area contributed by atoms with Crippen LogP contribution in [0.1, 0.15) is 31.1 Å². The highest BCUT2D eigenvalue weighted by molar-refractivity contribution is 5.58. The van der Waals surface area contributed by atoms with E-state index in [-0.39, 0.29) is 11.8 Å². The Kier molecular flexibility index (Phi) is 4.78. The molecule has 0 atom stereocenters. The molecule has 142 valence electrons. The molecule has 3 heterocycles. The van der Waals surface area contributed by atoms with Crippen molar-refractivity contribution in [3.8, 4) is 0 Å². The highest BCUT2D eigenvalue weighted by Crippen LogP contribution is 2.34. The average molecular weight is 369 g/mol. The third kappa shape index (κ3) is 3.46. The van der Waals surface area contributed by atoms with Gasteiger partial charge in [0.1, 0.15) is 11.4 Å². The Morgan fingerprint density at radius 2 is 1.92 bits per heavy atom. The fraction of sp³-hybridized carbons (Fsp3) is 0.562. The predicted molar refractivity (Wildman–Crippen MR) is 92.6 cm³/mol. The van der Waals surface area contributed by atoms with Crippen LogP contribution in [0.3, 0.4) is 0 Å². The molecule has 1 fully saturated rings. The zero-order valence-corrected chi connectivity index (χ0v) is 15.1. The molecule has 2 aromatic heterocycles. The Hall–Kier alpha value is -2.36. The van der Waals surface area contributed by atoms with Gasteiger partial charge in [-0.3, -0.25) is 9.58 Å². The summed E-state index contributed by atoms with van der Waals surface area (Å²) >= 11 is 0. The number of alkyl halides is 3. The lowest BCUT2D eigenvalue weighted by Crippen LogP contribution is -2.51. The van der Waals surface area contributed by atoms with Gasteiger partial charge in [0.15, 0.2) is 0 Å². The normalized spacial score (nSPS) is 16.0. The summed E-state index contributed by atoms with van der Waals surface area (Å²) in [6, 6.07) is 0.801. The summed E-state index contributed by atoms with van der Waals surface area (Å²) in [6.45, 7) is 8.08. The van der Waals surface area contributed by atoms with Gasteiger partial charge in [-0.15, -0.1) is 0 Å². The number of anilines is 3. The first-order valence-electron chi connectivity index (χ1n) is 8.38. The number of halogens is 3. The van der Waals surface area contributed by atoms with Gasteiger partial charge in [0, 0.05) is 32.4 Å². The molecule has 0 bridgehead atoms. The predicted octanol–water partition coefficient (Wildman–Crippen LogP) is 3.05. The molecule has 1 aliphatic rings. The number of hydrogen-bond acceptors (Lipinski definition) is 6. The molecule has 7 nitrogen and oxygen atoms in total. The van der Waals surface area contributed by atoms with Crippen LogP contribution in [0.15, 0.2) is 12.4 Å². The summed E-state index contributed by atoms with van der Waals surface area (Å²) in [4.78, 5) is 10.0. The van der Waals surface area contributed by atoms with Crippen molar-refractivity contribution < 1.29 is 13.2 Å². The number of aromatic nitrogens is 4. The zero-order valence-electron chi connectivity index (χ0n) is 15.1. The molecule has 1 saturated heterocycles. The maximum absolute atomic E-state index is 12.9. The first-order valence-corrected chi connectivity index (χ1v) is 8.38. The second-order valence-corrected chi connectivity index (χ2v) is 6.62. The summed E-state index contributed by atoms with van der Waals surface area (Å²) in [7, 11) is 1.39. The Balaban J connectivity index is 1.76. The van der Waals surface area contributed by atoms with Crippen molar-refractivity contribution in [2.45, 2.75) is 39.0 Å². The van der Waals surface area contributed by atoms with Crippen LogP contribution < -0.4 is 10.6 Å². The second kappa shape index (κ2) is 6.75. The minimum Gasteiger partial charge on any atom is -0.372 e. The van der Waals surface area contributed by atoms with Gasteiger partial charge in [-0.25, -0.2) is 4.98 Å². The fourth-order valence-corrected chi connectivity index (χ4v) is 2.94. The summed E-state index contributed by atoms with van der Waals surface area (Å²) < 4.78 is 40.7. The summed E-state index contributed by atoms with van der Waals surface area (Å²) in [5.74, 6) is -0.186. The highest BCUT2D eigenvalue weighted by atomic mass is 19.4. The number of likely N-dealkylation sites (tertiary alicyclic amines) is 1. The van der Waals surface area contributed by atoms with Crippen LogP contribution in [0.5, 0.6) is 0 Å². The van der Waals surface area contributed by atoms with E-state index in [1.807, 2.05) is 11.6 Å². The lowest BCUT2D eigenvalue weighted by molar-refractivity contribution is -0.137. The monoisotopic (exact) mass is 369 g/mol. The van der Waals surface area contributed by atoms with Crippen molar-refractivity contribution in [2.75, 3.05) is 30.8 Å². The van der Waals surface area contributed by atoms with Gasteiger partial charge in [-0.05, 0) is 20.8 Å². The SMILES string of the molecule is CNc1nc(Nc2cnn(C3CN(C(C)C)C3)c2C)ncc1C(F)(F)F. The largest absolute Gasteiger partial charge is 0.421 e. The lowest BCUT2D eigenvalue weighted by Gasteiger charge is -2.42. The fourth-order valence-electron chi connectivity index (χ4n) is 2.94. The van der Waals surface area contributed by atoms with E-state index in [0.29, 0.717) is 17.8 Å². The van der Waals surface area contributed by atoms with Gasteiger partial charge in [0.2, 0.25) is 5.95 Å². The minimum absolute atomic E-state index is 0.0856.